The maximum absolute atomic E-state index is 3.19. The lowest BCUT2D eigenvalue weighted by atomic mass is 9.97. The Bertz CT molecular complexity index is 412. The zero-order valence-corrected chi connectivity index (χ0v) is 11.3. The van der Waals surface area contributed by atoms with E-state index in [4.69, 9.17) is 0 Å². The first-order valence-electron chi connectivity index (χ1n) is 6.95. The summed E-state index contributed by atoms with van der Waals surface area (Å²) in [5.41, 5.74) is 4.45. The van der Waals surface area contributed by atoms with Crippen LogP contribution >= 0.6 is 0 Å². The molecule has 1 aromatic rings. The van der Waals surface area contributed by atoms with Crippen LogP contribution in [-0.2, 0) is 12.8 Å². The fraction of sp³-hybridized carbons (Fsp3) is 0.412. The summed E-state index contributed by atoms with van der Waals surface area (Å²) in [5.74, 6) is 0. The molecule has 0 fully saturated rings. The molecule has 1 aliphatic carbocycles. The van der Waals surface area contributed by atoms with E-state index in [2.05, 4.69) is 47.8 Å². The molecule has 0 bridgehead atoms. The second kappa shape index (κ2) is 7.17. The fourth-order valence-electron chi connectivity index (χ4n) is 2.35. The van der Waals surface area contributed by atoms with E-state index in [0.29, 0.717) is 0 Å². The zero-order valence-electron chi connectivity index (χ0n) is 11.3. The van der Waals surface area contributed by atoms with Crippen molar-refractivity contribution in [1.29, 1.82) is 0 Å². The van der Waals surface area contributed by atoms with E-state index in [9.17, 15) is 0 Å². The largest absolute Gasteiger partial charge is 0.320 e. The van der Waals surface area contributed by atoms with E-state index < -0.39 is 0 Å². The van der Waals surface area contributed by atoms with Gasteiger partial charge in [0.15, 0.2) is 0 Å². The van der Waals surface area contributed by atoms with Gasteiger partial charge in [0, 0.05) is 0 Å². The van der Waals surface area contributed by atoms with Crippen molar-refractivity contribution in [3.05, 3.63) is 59.2 Å². The van der Waals surface area contributed by atoms with Gasteiger partial charge in [0.25, 0.3) is 0 Å². The molecular weight excluding hydrogens is 218 g/mol. The Morgan fingerprint density at radius 3 is 2.56 bits per heavy atom. The van der Waals surface area contributed by atoms with Gasteiger partial charge >= 0.3 is 0 Å². The fourth-order valence-corrected chi connectivity index (χ4v) is 2.35. The van der Waals surface area contributed by atoms with Crippen molar-refractivity contribution < 1.29 is 0 Å². The van der Waals surface area contributed by atoms with Gasteiger partial charge in [-0.05, 0) is 56.8 Å². The molecule has 0 aliphatic heterocycles. The van der Waals surface area contributed by atoms with Gasteiger partial charge < -0.3 is 5.32 Å². The molecule has 0 atom stereocenters. The molecule has 96 valence electrons. The summed E-state index contributed by atoms with van der Waals surface area (Å²) in [5, 5.41) is 3.19. The number of nitrogens with one attached hydrogen (secondary N) is 1. The Labute approximate surface area is 111 Å². The number of rotatable bonds is 6. The lowest BCUT2D eigenvalue weighted by Crippen LogP contribution is -2.08. The number of benzene rings is 1. The SMILES string of the molecule is CNCCCc1ccc(CC2=CC=CCC2)cc1. The van der Waals surface area contributed by atoms with Crippen molar-refractivity contribution in [2.45, 2.75) is 32.1 Å². The Hall–Kier alpha value is -1.34. The summed E-state index contributed by atoms with van der Waals surface area (Å²) in [6.45, 7) is 1.10. The third-order valence-corrected chi connectivity index (χ3v) is 3.45. The molecule has 0 radical (unpaired) electrons. The van der Waals surface area contributed by atoms with Gasteiger partial charge in [-0.25, -0.2) is 0 Å². The van der Waals surface area contributed by atoms with Gasteiger partial charge in [0.1, 0.15) is 0 Å². The Balaban J connectivity index is 1.87. The van der Waals surface area contributed by atoms with Gasteiger partial charge in [-0.1, -0.05) is 48.1 Å². The first-order chi connectivity index (χ1) is 8.88. The highest BCUT2D eigenvalue weighted by atomic mass is 14.8. The Morgan fingerprint density at radius 2 is 1.89 bits per heavy atom. The van der Waals surface area contributed by atoms with Crippen molar-refractivity contribution in [2.24, 2.45) is 0 Å². The lowest BCUT2D eigenvalue weighted by Gasteiger charge is -2.09. The van der Waals surface area contributed by atoms with Crippen LogP contribution in [0.3, 0.4) is 0 Å². The van der Waals surface area contributed by atoms with Crippen molar-refractivity contribution in [1.82, 2.24) is 5.32 Å². The highest BCUT2D eigenvalue weighted by molar-refractivity contribution is 5.29. The van der Waals surface area contributed by atoms with Crippen molar-refractivity contribution in [3.8, 4) is 0 Å². The van der Waals surface area contributed by atoms with Gasteiger partial charge in [0.05, 0.1) is 0 Å². The maximum atomic E-state index is 3.19. The Kier molecular flexibility index (Phi) is 5.22. The molecule has 0 amide bonds. The highest BCUT2D eigenvalue weighted by Gasteiger charge is 2.01. The monoisotopic (exact) mass is 241 g/mol. The molecule has 1 aromatic carbocycles. The van der Waals surface area contributed by atoms with E-state index in [1.165, 1.54) is 36.8 Å². The number of hydrogen-bond donors (Lipinski definition) is 1. The molecule has 1 aliphatic rings. The average molecular weight is 241 g/mol. The van der Waals surface area contributed by atoms with E-state index in [0.717, 1.165) is 13.0 Å². The third-order valence-electron chi connectivity index (χ3n) is 3.45. The molecule has 18 heavy (non-hydrogen) atoms. The van der Waals surface area contributed by atoms with Crippen LogP contribution in [-0.4, -0.2) is 13.6 Å². The average Bonchev–Trinajstić information content (AvgIpc) is 2.42. The summed E-state index contributed by atoms with van der Waals surface area (Å²) in [6, 6.07) is 9.14. The first-order valence-corrected chi connectivity index (χ1v) is 6.95. The smallest absolute Gasteiger partial charge is 0.00488 e. The van der Waals surface area contributed by atoms with Gasteiger partial charge in [-0.3, -0.25) is 0 Å². The summed E-state index contributed by atoms with van der Waals surface area (Å²) < 4.78 is 0. The topological polar surface area (TPSA) is 12.0 Å². The number of allylic oxidation sites excluding steroid dienone is 4. The lowest BCUT2D eigenvalue weighted by molar-refractivity contribution is 0.724. The maximum Gasteiger partial charge on any atom is -0.00488 e. The minimum Gasteiger partial charge on any atom is -0.320 e. The summed E-state index contributed by atoms with van der Waals surface area (Å²) >= 11 is 0. The van der Waals surface area contributed by atoms with Gasteiger partial charge in [-0.15, -0.1) is 0 Å². The standard InChI is InChI=1S/C17H23N/c1-18-13-5-8-15-9-11-17(12-10-15)14-16-6-3-2-4-7-16/h2-3,6,9-12,18H,4-5,7-8,13-14H2,1H3. The first kappa shape index (κ1) is 13.1. The molecule has 1 heteroatoms. The summed E-state index contributed by atoms with van der Waals surface area (Å²) in [6.07, 6.45) is 12.6. The quantitative estimate of drug-likeness (QED) is 0.750. The van der Waals surface area contributed by atoms with Crippen LogP contribution < -0.4 is 5.32 Å². The second-order valence-corrected chi connectivity index (χ2v) is 4.99. The van der Waals surface area contributed by atoms with E-state index in [-0.39, 0.29) is 0 Å². The molecule has 1 N–H and O–H groups in total. The van der Waals surface area contributed by atoms with Crippen LogP contribution in [0.4, 0.5) is 0 Å². The zero-order chi connectivity index (χ0) is 12.6. The van der Waals surface area contributed by atoms with E-state index >= 15 is 0 Å². The van der Waals surface area contributed by atoms with Crippen LogP contribution in [0.1, 0.15) is 30.4 Å². The van der Waals surface area contributed by atoms with Crippen molar-refractivity contribution >= 4 is 0 Å². The minimum absolute atomic E-state index is 1.10. The Morgan fingerprint density at radius 1 is 1.11 bits per heavy atom. The minimum atomic E-state index is 1.10. The van der Waals surface area contributed by atoms with Crippen LogP contribution in [0.25, 0.3) is 0 Å². The molecule has 2 rings (SSSR count). The molecule has 0 saturated heterocycles. The van der Waals surface area contributed by atoms with E-state index in [1.807, 2.05) is 7.05 Å². The van der Waals surface area contributed by atoms with Gasteiger partial charge in [0.2, 0.25) is 0 Å². The van der Waals surface area contributed by atoms with Crippen LogP contribution in [0, 0.1) is 0 Å². The number of hydrogen-bond acceptors (Lipinski definition) is 1. The molecule has 0 unspecified atom stereocenters. The predicted molar refractivity (Wildman–Crippen MR) is 78.9 cm³/mol. The highest BCUT2D eigenvalue weighted by Crippen LogP contribution is 2.17. The summed E-state index contributed by atoms with van der Waals surface area (Å²) in [4.78, 5) is 0. The van der Waals surface area contributed by atoms with Crippen LogP contribution in [0.15, 0.2) is 48.1 Å². The number of aryl methyl sites for hydroxylation is 1. The third kappa shape index (κ3) is 4.15. The second-order valence-electron chi connectivity index (χ2n) is 4.99. The van der Waals surface area contributed by atoms with Crippen LogP contribution in [0.5, 0.6) is 0 Å². The van der Waals surface area contributed by atoms with Crippen molar-refractivity contribution in [3.63, 3.8) is 0 Å². The van der Waals surface area contributed by atoms with Crippen LogP contribution in [0.2, 0.25) is 0 Å². The molecular formula is C17H23N. The van der Waals surface area contributed by atoms with Gasteiger partial charge in [-0.2, -0.15) is 0 Å². The molecule has 0 heterocycles. The molecule has 0 aromatic heterocycles. The van der Waals surface area contributed by atoms with E-state index in [1.54, 1.807) is 5.57 Å². The predicted octanol–water partition coefficient (Wildman–Crippen LogP) is 3.66. The summed E-state index contributed by atoms with van der Waals surface area (Å²) in [7, 11) is 2.01. The normalized spacial score (nSPS) is 14.6. The molecule has 1 nitrogen and oxygen atoms in total. The van der Waals surface area contributed by atoms with Crippen molar-refractivity contribution in [2.75, 3.05) is 13.6 Å². The molecule has 0 spiro atoms. The molecule has 0 saturated carbocycles.